The standard InChI is InChI=1S/C22H23FN2O4/c1-25(13-14-28-17-9-7-16(27-2)8-10-17)22(26)12-11-21-24-15-20(29-21)18-5-3-4-6-19(18)23/h3-10,15H,11-14H2,1-2H3. The topological polar surface area (TPSA) is 64.8 Å². The van der Waals surface area contributed by atoms with Gasteiger partial charge in [0.2, 0.25) is 5.91 Å². The van der Waals surface area contributed by atoms with Crippen LogP contribution in [0.2, 0.25) is 0 Å². The summed E-state index contributed by atoms with van der Waals surface area (Å²) in [6.45, 7) is 0.835. The van der Waals surface area contributed by atoms with Crippen molar-refractivity contribution in [3.05, 3.63) is 66.4 Å². The van der Waals surface area contributed by atoms with E-state index in [4.69, 9.17) is 13.9 Å². The van der Waals surface area contributed by atoms with Crippen molar-refractivity contribution in [1.29, 1.82) is 0 Å². The van der Waals surface area contributed by atoms with Gasteiger partial charge in [0.1, 0.15) is 23.9 Å². The number of benzene rings is 2. The van der Waals surface area contributed by atoms with Gasteiger partial charge in [-0.15, -0.1) is 0 Å². The first-order valence-electron chi connectivity index (χ1n) is 9.27. The molecule has 0 aliphatic carbocycles. The summed E-state index contributed by atoms with van der Waals surface area (Å²) < 4.78 is 30.1. The van der Waals surface area contributed by atoms with Gasteiger partial charge in [0, 0.05) is 19.9 Å². The Kier molecular flexibility index (Phi) is 6.84. The van der Waals surface area contributed by atoms with Crippen molar-refractivity contribution in [3.8, 4) is 22.8 Å². The molecule has 29 heavy (non-hydrogen) atoms. The Balaban J connectivity index is 1.43. The SMILES string of the molecule is COc1ccc(OCCN(C)C(=O)CCc2ncc(-c3ccccc3F)o2)cc1. The monoisotopic (exact) mass is 398 g/mol. The average molecular weight is 398 g/mol. The Morgan fingerprint density at radius 2 is 1.86 bits per heavy atom. The fraction of sp³-hybridized carbons (Fsp3) is 0.273. The zero-order valence-corrected chi connectivity index (χ0v) is 16.4. The number of carbonyl (C=O) groups is 1. The number of methoxy groups -OCH3 is 1. The van der Waals surface area contributed by atoms with Crippen molar-refractivity contribution in [3.63, 3.8) is 0 Å². The summed E-state index contributed by atoms with van der Waals surface area (Å²) >= 11 is 0. The van der Waals surface area contributed by atoms with Crippen LogP contribution in [0, 0.1) is 5.82 Å². The van der Waals surface area contributed by atoms with Crippen LogP contribution in [0.5, 0.6) is 11.5 Å². The molecular formula is C22H23FN2O4. The summed E-state index contributed by atoms with van der Waals surface area (Å²) in [5, 5.41) is 0. The zero-order valence-electron chi connectivity index (χ0n) is 16.4. The molecule has 0 saturated heterocycles. The van der Waals surface area contributed by atoms with Crippen LogP contribution in [0.3, 0.4) is 0 Å². The quantitative estimate of drug-likeness (QED) is 0.546. The molecule has 0 fully saturated rings. The molecule has 7 heteroatoms. The van der Waals surface area contributed by atoms with E-state index >= 15 is 0 Å². The number of aromatic nitrogens is 1. The third-order valence-corrected chi connectivity index (χ3v) is 4.43. The zero-order chi connectivity index (χ0) is 20.6. The Hall–Kier alpha value is -3.35. The molecule has 2 aromatic carbocycles. The molecule has 0 atom stereocenters. The average Bonchev–Trinajstić information content (AvgIpc) is 3.21. The highest BCUT2D eigenvalue weighted by Crippen LogP contribution is 2.23. The third-order valence-electron chi connectivity index (χ3n) is 4.43. The minimum Gasteiger partial charge on any atom is -0.497 e. The Bertz CT molecular complexity index is 940. The number of oxazole rings is 1. The second kappa shape index (κ2) is 9.73. The molecule has 6 nitrogen and oxygen atoms in total. The number of nitrogens with zero attached hydrogens (tertiary/aromatic N) is 2. The van der Waals surface area contributed by atoms with Gasteiger partial charge in [0.15, 0.2) is 11.7 Å². The number of amides is 1. The van der Waals surface area contributed by atoms with E-state index in [-0.39, 0.29) is 18.1 Å². The predicted molar refractivity (Wildman–Crippen MR) is 106 cm³/mol. The van der Waals surface area contributed by atoms with Crippen LogP contribution in [0.1, 0.15) is 12.3 Å². The fourth-order valence-electron chi connectivity index (χ4n) is 2.71. The van der Waals surface area contributed by atoms with Crippen molar-refractivity contribution >= 4 is 5.91 Å². The van der Waals surface area contributed by atoms with Gasteiger partial charge in [-0.25, -0.2) is 9.37 Å². The van der Waals surface area contributed by atoms with Gasteiger partial charge in [-0.05, 0) is 36.4 Å². The molecule has 3 rings (SSSR count). The molecule has 0 spiro atoms. The molecule has 0 unspecified atom stereocenters. The summed E-state index contributed by atoms with van der Waals surface area (Å²) in [5.41, 5.74) is 0.352. The molecule has 0 N–H and O–H groups in total. The maximum absolute atomic E-state index is 13.8. The van der Waals surface area contributed by atoms with E-state index < -0.39 is 0 Å². The smallest absolute Gasteiger partial charge is 0.222 e. The number of hydrogen-bond donors (Lipinski definition) is 0. The second-order valence-corrected chi connectivity index (χ2v) is 6.44. The van der Waals surface area contributed by atoms with Crippen LogP contribution in [0.25, 0.3) is 11.3 Å². The normalized spacial score (nSPS) is 10.6. The highest BCUT2D eigenvalue weighted by Gasteiger charge is 2.14. The molecule has 1 aromatic heterocycles. The van der Waals surface area contributed by atoms with Gasteiger partial charge in [-0.3, -0.25) is 4.79 Å². The Labute approximate surface area is 168 Å². The molecule has 1 amide bonds. The van der Waals surface area contributed by atoms with E-state index in [2.05, 4.69) is 4.98 Å². The second-order valence-electron chi connectivity index (χ2n) is 6.44. The highest BCUT2D eigenvalue weighted by atomic mass is 19.1. The van der Waals surface area contributed by atoms with Gasteiger partial charge in [-0.2, -0.15) is 0 Å². The summed E-state index contributed by atoms with van der Waals surface area (Å²) in [4.78, 5) is 18.0. The first-order chi connectivity index (χ1) is 14.1. The Morgan fingerprint density at radius 3 is 2.59 bits per heavy atom. The maximum atomic E-state index is 13.8. The predicted octanol–water partition coefficient (Wildman–Crippen LogP) is 3.96. The fourth-order valence-corrected chi connectivity index (χ4v) is 2.71. The molecule has 152 valence electrons. The summed E-state index contributed by atoms with van der Waals surface area (Å²) in [6, 6.07) is 13.6. The van der Waals surface area contributed by atoms with Gasteiger partial charge in [-0.1, -0.05) is 12.1 Å². The molecule has 0 aliphatic heterocycles. The molecule has 0 radical (unpaired) electrons. The highest BCUT2D eigenvalue weighted by molar-refractivity contribution is 5.76. The minimum absolute atomic E-state index is 0.0472. The lowest BCUT2D eigenvalue weighted by molar-refractivity contribution is -0.130. The number of rotatable bonds is 9. The van der Waals surface area contributed by atoms with E-state index in [1.54, 1.807) is 37.3 Å². The third kappa shape index (κ3) is 5.57. The van der Waals surface area contributed by atoms with Gasteiger partial charge in [0.05, 0.1) is 25.4 Å². The molecule has 3 aromatic rings. The summed E-state index contributed by atoms with van der Waals surface area (Å²) in [7, 11) is 3.33. The number of aryl methyl sites for hydroxylation is 1. The maximum Gasteiger partial charge on any atom is 0.222 e. The Morgan fingerprint density at radius 1 is 1.14 bits per heavy atom. The molecule has 0 bridgehead atoms. The van der Waals surface area contributed by atoms with Crippen molar-refractivity contribution in [2.24, 2.45) is 0 Å². The minimum atomic E-state index is -0.372. The van der Waals surface area contributed by atoms with Gasteiger partial charge < -0.3 is 18.8 Å². The summed E-state index contributed by atoms with van der Waals surface area (Å²) in [6.07, 6.45) is 2.07. The molecule has 1 heterocycles. The van der Waals surface area contributed by atoms with Crippen LogP contribution < -0.4 is 9.47 Å². The number of halogens is 1. The van der Waals surface area contributed by atoms with Crippen molar-refractivity contribution < 1.29 is 23.1 Å². The largest absolute Gasteiger partial charge is 0.497 e. The number of carbonyl (C=O) groups excluding carboxylic acids is 1. The lowest BCUT2D eigenvalue weighted by atomic mass is 10.2. The van der Waals surface area contributed by atoms with Crippen LogP contribution in [-0.4, -0.2) is 43.1 Å². The molecular weight excluding hydrogens is 375 g/mol. The van der Waals surface area contributed by atoms with Crippen molar-refractivity contribution in [2.75, 3.05) is 27.3 Å². The van der Waals surface area contributed by atoms with Crippen LogP contribution >= 0.6 is 0 Å². The van der Waals surface area contributed by atoms with E-state index in [0.717, 1.165) is 5.75 Å². The van der Waals surface area contributed by atoms with E-state index in [1.165, 1.54) is 12.3 Å². The van der Waals surface area contributed by atoms with Crippen LogP contribution in [0.15, 0.2) is 59.1 Å². The van der Waals surface area contributed by atoms with Crippen LogP contribution in [-0.2, 0) is 11.2 Å². The lowest BCUT2D eigenvalue weighted by Gasteiger charge is -2.17. The first-order valence-corrected chi connectivity index (χ1v) is 9.27. The number of likely N-dealkylation sites (N-methyl/N-ethyl adjacent to an activating group) is 1. The van der Waals surface area contributed by atoms with Crippen LogP contribution in [0.4, 0.5) is 4.39 Å². The molecule has 0 aliphatic rings. The van der Waals surface area contributed by atoms with E-state index in [1.807, 2.05) is 24.3 Å². The first kappa shape index (κ1) is 20.4. The van der Waals surface area contributed by atoms with Crippen molar-refractivity contribution in [2.45, 2.75) is 12.8 Å². The molecule has 0 saturated carbocycles. The number of ether oxygens (including phenoxy) is 2. The lowest BCUT2D eigenvalue weighted by Crippen LogP contribution is -2.31. The number of hydrogen-bond acceptors (Lipinski definition) is 5. The van der Waals surface area contributed by atoms with Crippen molar-refractivity contribution in [1.82, 2.24) is 9.88 Å². The van der Waals surface area contributed by atoms with E-state index in [0.29, 0.717) is 42.5 Å². The van der Waals surface area contributed by atoms with Gasteiger partial charge >= 0.3 is 0 Å². The summed E-state index contributed by atoms with van der Waals surface area (Å²) in [5.74, 6) is 1.81. The van der Waals surface area contributed by atoms with Gasteiger partial charge in [0.25, 0.3) is 0 Å². The van der Waals surface area contributed by atoms with E-state index in [9.17, 15) is 9.18 Å².